The molecule has 1 aromatic carbocycles. The molecule has 2 N–H and O–H groups in total. The van der Waals surface area contributed by atoms with Crippen molar-refractivity contribution < 1.29 is 22.4 Å². The van der Waals surface area contributed by atoms with Crippen molar-refractivity contribution in [2.45, 2.75) is 38.5 Å². The second kappa shape index (κ2) is 12.1. The van der Waals surface area contributed by atoms with Gasteiger partial charge in [-0.2, -0.15) is 18.4 Å². The van der Waals surface area contributed by atoms with E-state index in [1.165, 1.54) is 24.5 Å². The van der Waals surface area contributed by atoms with Crippen LogP contribution in [-0.4, -0.2) is 71.1 Å². The molecule has 2 aliphatic heterocycles. The Morgan fingerprint density at radius 1 is 1.11 bits per heavy atom. The van der Waals surface area contributed by atoms with Gasteiger partial charge >= 0.3 is 6.18 Å². The zero-order valence-electron chi connectivity index (χ0n) is 24.2. The Hall–Kier alpha value is -4.77. The summed E-state index contributed by atoms with van der Waals surface area (Å²) in [5.74, 6) is -1.21. The number of anilines is 3. The lowest BCUT2D eigenvalue weighted by atomic mass is 9.97. The lowest BCUT2D eigenvalue weighted by Crippen LogP contribution is -2.55. The van der Waals surface area contributed by atoms with Crippen LogP contribution < -0.4 is 20.7 Å². The van der Waals surface area contributed by atoms with Gasteiger partial charge in [0.25, 0.3) is 5.91 Å². The number of nitriles is 1. The third-order valence-corrected chi connectivity index (χ3v) is 8.11. The molecule has 2 aliphatic rings. The number of nitrogens with zero attached hydrogens (tertiary/aromatic N) is 6. The van der Waals surface area contributed by atoms with Crippen molar-refractivity contribution in [1.82, 2.24) is 19.9 Å². The smallest absolute Gasteiger partial charge is 0.367 e. The summed E-state index contributed by atoms with van der Waals surface area (Å²) in [5.41, 5.74) is -1.46. The number of aromatic nitrogens is 3. The Kier molecular flexibility index (Phi) is 8.42. The summed E-state index contributed by atoms with van der Waals surface area (Å²) in [6.07, 6.45) is 0.820. The topological polar surface area (TPSA) is 121 Å². The zero-order valence-corrected chi connectivity index (χ0v) is 24.2. The van der Waals surface area contributed by atoms with E-state index in [1.807, 2.05) is 36.8 Å². The van der Waals surface area contributed by atoms with Gasteiger partial charge in [-0.05, 0) is 45.0 Å². The fourth-order valence-electron chi connectivity index (χ4n) is 5.49. The molecule has 1 saturated heterocycles. The number of hydrogen-bond acceptors (Lipinski definition) is 8. The number of alkyl halides is 3. The van der Waals surface area contributed by atoms with Crippen molar-refractivity contribution in [2.24, 2.45) is 0 Å². The van der Waals surface area contributed by atoms with E-state index in [9.17, 15) is 22.8 Å². The van der Waals surface area contributed by atoms with Crippen molar-refractivity contribution in [3.05, 3.63) is 81.3 Å². The average molecular weight is 611 g/mol. The minimum atomic E-state index is -4.95. The maximum absolute atomic E-state index is 15.8. The Morgan fingerprint density at radius 3 is 2.39 bits per heavy atom. The molecule has 1 amide bonds. The summed E-state index contributed by atoms with van der Waals surface area (Å²) in [7, 11) is 1.98. The number of H-pyrrole nitrogens is 1. The number of rotatable bonds is 5. The Balaban J connectivity index is 1.51. The van der Waals surface area contributed by atoms with Gasteiger partial charge in [-0.25, -0.2) is 14.4 Å². The van der Waals surface area contributed by atoms with E-state index >= 15 is 4.39 Å². The first-order chi connectivity index (χ1) is 20.8. The number of halogens is 4. The highest BCUT2D eigenvalue weighted by atomic mass is 19.4. The molecule has 3 aromatic rings. The maximum Gasteiger partial charge on any atom is 0.417 e. The molecule has 1 fully saturated rings. The fourth-order valence-corrected chi connectivity index (χ4v) is 5.49. The number of aromatic amines is 1. The van der Waals surface area contributed by atoms with Gasteiger partial charge in [0.15, 0.2) is 0 Å². The first kappa shape index (κ1) is 30.7. The number of pyridine rings is 1. The normalized spacial score (nSPS) is 19.4. The Bertz CT molecular complexity index is 1690. The van der Waals surface area contributed by atoms with Gasteiger partial charge in [0, 0.05) is 56.1 Å². The van der Waals surface area contributed by atoms with Crippen LogP contribution in [0.1, 0.15) is 47.3 Å². The standard InChI is InChI=1S/C30H30F4N8O2/c1-17-15-42(16-18(2)40(17)3)26-10-24(31)21(20-4-6-41(7-5-20)29-37-12-19(11-35)13-38-29)8-25(26)39-28(44)22-14-36-27(43)9-23(22)30(32,33)34/h4,8-10,12-14,17-18H,5-7,15-16H2,1-3H3,(H,36,43)(H,39,44)/t17-,18+. The highest BCUT2D eigenvalue weighted by molar-refractivity contribution is 6.07. The Morgan fingerprint density at radius 2 is 1.80 bits per heavy atom. The summed E-state index contributed by atoms with van der Waals surface area (Å²) in [6.45, 7) is 5.81. The quantitative estimate of drug-likeness (QED) is 0.411. The molecule has 2 atom stereocenters. The second-order valence-electron chi connectivity index (χ2n) is 11.0. The molecule has 0 radical (unpaired) electrons. The van der Waals surface area contributed by atoms with Crippen molar-refractivity contribution in [3.63, 3.8) is 0 Å². The molecule has 0 aliphatic carbocycles. The van der Waals surface area contributed by atoms with Crippen LogP contribution in [0.25, 0.3) is 5.57 Å². The van der Waals surface area contributed by atoms with Crippen LogP contribution in [0.4, 0.5) is 34.9 Å². The zero-order chi connectivity index (χ0) is 31.8. The molecule has 2 aromatic heterocycles. The third kappa shape index (κ3) is 6.28. The van der Waals surface area contributed by atoms with Crippen molar-refractivity contribution in [3.8, 4) is 6.07 Å². The summed E-state index contributed by atoms with van der Waals surface area (Å²) in [4.78, 5) is 41.5. The summed E-state index contributed by atoms with van der Waals surface area (Å²) in [6, 6.07) is 5.23. The van der Waals surface area contributed by atoms with Crippen molar-refractivity contribution >= 4 is 28.8 Å². The number of carbonyl (C=O) groups is 1. The van der Waals surface area contributed by atoms with Gasteiger partial charge in [0.05, 0.1) is 40.5 Å². The molecule has 230 valence electrons. The number of carbonyl (C=O) groups excluding carboxylic acids is 1. The van der Waals surface area contributed by atoms with Gasteiger partial charge in [0.1, 0.15) is 11.9 Å². The molecule has 5 rings (SSSR count). The first-order valence-electron chi connectivity index (χ1n) is 13.9. The van der Waals surface area contributed by atoms with Gasteiger partial charge < -0.3 is 20.1 Å². The molecular weight excluding hydrogens is 580 g/mol. The van der Waals surface area contributed by atoms with Crippen LogP contribution in [-0.2, 0) is 6.18 Å². The lowest BCUT2D eigenvalue weighted by molar-refractivity contribution is -0.138. The van der Waals surface area contributed by atoms with Crippen molar-refractivity contribution in [2.75, 3.05) is 48.3 Å². The number of hydrogen-bond donors (Lipinski definition) is 2. The fraction of sp³-hybridized carbons (Fsp3) is 0.367. The number of benzene rings is 1. The summed E-state index contributed by atoms with van der Waals surface area (Å²) < 4.78 is 57.0. The van der Waals surface area contributed by atoms with Crippen molar-refractivity contribution in [1.29, 1.82) is 5.26 Å². The van der Waals surface area contributed by atoms with E-state index in [0.717, 1.165) is 6.20 Å². The van der Waals surface area contributed by atoms with Crippen LogP contribution in [0.3, 0.4) is 0 Å². The van der Waals surface area contributed by atoms with Crippen LogP contribution in [0.5, 0.6) is 0 Å². The Labute approximate surface area is 250 Å². The minimum Gasteiger partial charge on any atom is -0.367 e. The van der Waals surface area contributed by atoms with E-state index in [4.69, 9.17) is 5.26 Å². The molecule has 0 unspecified atom stereocenters. The van der Waals surface area contributed by atoms with Gasteiger partial charge in [-0.15, -0.1) is 0 Å². The maximum atomic E-state index is 15.8. The van der Waals surface area contributed by atoms with Crippen LogP contribution in [0.2, 0.25) is 0 Å². The monoisotopic (exact) mass is 610 g/mol. The predicted molar refractivity (Wildman–Crippen MR) is 157 cm³/mol. The van der Waals surface area contributed by atoms with E-state index in [0.29, 0.717) is 61.4 Å². The molecular formula is C30H30F4N8O2. The molecule has 4 heterocycles. The molecule has 0 bridgehead atoms. The van der Waals surface area contributed by atoms with E-state index in [2.05, 4.69) is 25.2 Å². The van der Waals surface area contributed by atoms with Gasteiger partial charge in [-0.1, -0.05) is 6.08 Å². The number of amides is 1. The molecule has 0 spiro atoms. The summed E-state index contributed by atoms with van der Waals surface area (Å²) >= 11 is 0. The van der Waals surface area contributed by atoms with Crippen LogP contribution in [0, 0.1) is 17.1 Å². The first-order valence-corrected chi connectivity index (χ1v) is 13.9. The lowest BCUT2D eigenvalue weighted by Gasteiger charge is -2.44. The minimum absolute atomic E-state index is 0.0811. The van der Waals surface area contributed by atoms with Crippen LogP contribution >= 0.6 is 0 Å². The molecule has 44 heavy (non-hydrogen) atoms. The van der Waals surface area contributed by atoms with E-state index in [1.54, 1.807) is 6.08 Å². The largest absolute Gasteiger partial charge is 0.417 e. The molecule has 10 nitrogen and oxygen atoms in total. The highest BCUT2D eigenvalue weighted by Gasteiger charge is 2.36. The number of likely N-dealkylation sites (N-methyl/N-ethyl adjacent to an activating group) is 1. The molecule has 0 saturated carbocycles. The summed E-state index contributed by atoms with van der Waals surface area (Å²) in [5, 5.41) is 11.6. The van der Waals surface area contributed by atoms with E-state index in [-0.39, 0.29) is 23.3 Å². The predicted octanol–water partition coefficient (Wildman–Crippen LogP) is 4.27. The van der Waals surface area contributed by atoms with E-state index < -0.39 is 34.6 Å². The third-order valence-electron chi connectivity index (χ3n) is 8.11. The second-order valence-corrected chi connectivity index (χ2v) is 11.0. The van der Waals surface area contributed by atoms with Crippen LogP contribution in [0.15, 0.2) is 47.7 Å². The number of nitrogens with one attached hydrogen (secondary N) is 2. The SMILES string of the molecule is C[C@@H]1CN(c2cc(F)c(C3=CCN(c4ncc(C#N)cn4)CC3)cc2NC(=O)c2c[nH]c(=O)cc2C(F)(F)F)C[C@H](C)N1C. The molecule has 14 heteroatoms. The average Bonchev–Trinajstić information content (AvgIpc) is 3.00. The number of piperazine rings is 1. The van der Waals surface area contributed by atoms with Gasteiger partial charge in [-0.3, -0.25) is 14.5 Å². The highest BCUT2D eigenvalue weighted by Crippen LogP contribution is 2.37. The van der Waals surface area contributed by atoms with Gasteiger partial charge in [0.2, 0.25) is 11.5 Å².